The van der Waals surface area contributed by atoms with Gasteiger partial charge in [-0.1, -0.05) is 47.5 Å². The Morgan fingerprint density at radius 2 is 1.50 bits per heavy atom. The molecule has 0 amide bonds. The number of rotatable bonds is 10. The summed E-state index contributed by atoms with van der Waals surface area (Å²) in [4.78, 5) is 2.64. The first-order valence-corrected chi connectivity index (χ1v) is 7.85. The van der Waals surface area contributed by atoms with Crippen molar-refractivity contribution in [2.45, 2.75) is 66.7 Å². The first-order valence-electron chi connectivity index (χ1n) is 7.85. The molecule has 0 bridgehead atoms. The summed E-state index contributed by atoms with van der Waals surface area (Å²) in [6.07, 6.45) is 6.44. The lowest BCUT2D eigenvalue weighted by Gasteiger charge is -2.30. The van der Waals surface area contributed by atoms with E-state index in [0.29, 0.717) is 11.3 Å². The molecule has 0 aromatic rings. The zero-order valence-electron chi connectivity index (χ0n) is 13.5. The fraction of sp³-hybridized carbons (Fsp3) is 1.00. The highest BCUT2D eigenvalue weighted by Gasteiger charge is 2.19. The second-order valence-corrected chi connectivity index (χ2v) is 6.87. The minimum Gasteiger partial charge on any atom is -0.330 e. The summed E-state index contributed by atoms with van der Waals surface area (Å²) >= 11 is 0. The van der Waals surface area contributed by atoms with Crippen molar-refractivity contribution < 1.29 is 0 Å². The minimum atomic E-state index is 0.394. The lowest BCUT2D eigenvalue weighted by molar-refractivity contribution is 0.190. The number of nitrogens with two attached hydrogens (primary N) is 1. The van der Waals surface area contributed by atoms with Crippen LogP contribution in [0.25, 0.3) is 0 Å². The van der Waals surface area contributed by atoms with Crippen LogP contribution in [-0.2, 0) is 0 Å². The molecule has 1 unspecified atom stereocenters. The highest BCUT2D eigenvalue weighted by molar-refractivity contribution is 4.73. The molecule has 2 nitrogen and oxygen atoms in total. The van der Waals surface area contributed by atoms with E-state index in [1.807, 2.05) is 0 Å². The predicted octanol–water partition coefficient (Wildman–Crippen LogP) is 3.90. The third kappa shape index (κ3) is 9.90. The standard InChI is InChI=1S/C16H36N2/c1-6-8-10-18(11-9-7-2)14-15(13-17)12-16(3,4)5/h15H,6-14,17H2,1-5H3. The maximum Gasteiger partial charge on any atom is 0.00219 e. The van der Waals surface area contributed by atoms with Gasteiger partial charge in [-0.15, -0.1) is 0 Å². The van der Waals surface area contributed by atoms with Gasteiger partial charge in [-0.2, -0.15) is 0 Å². The smallest absolute Gasteiger partial charge is 0.00219 e. The minimum absolute atomic E-state index is 0.394. The van der Waals surface area contributed by atoms with Crippen LogP contribution >= 0.6 is 0 Å². The van der Waals surface area contributed by atoms with Crippen molar-refractivity contribution in [2.24, 2.45) is 17.1 Å². The van der Waals surface area contributed by atoms with Crippen LogP contribution in [0.1, 0.15) is 66.7 Å². The zero-order chi connectivity index (χ0) is 14.0. The van der Waals surface area contributed by atoms with Gasteiger partial charge in [0.15, 0.2) is 0 Å². The van der Waals surface area contributed by atoms with Crippen molar-refractivity contribution in [1.82, 2.24) is 4.90 Å². The van der Waals surface area contributed by atoms with Crippen LogP contribution in [0.2, 0.25) is 0 Å². The molecule has 0 aliphatic rings. The monoisotopic (exact) mass is 256 g/mol. The van der Waals surface area contributed by atoms with Crippen LogP contribution in [0.15, 0.2) is 0 Å². The molecular formula is C16H36N2. The Hall–Kier alpha value is -0.0800. The molecular weight excluding hydrogens is 220 g/mol. The molecule has 0 aromatic heterocycles. The third-order valence-electron chi connectivity index (χ3n) is 3.41. The van der Waals surface area contributed by atoms with Crippen molar-refractivity contribution in [3.8, 4) is 0 Å². The highest BCUT2D eigenvalue weighted by atomic mass is 15.1. The van der Waals surface area contributed by atoms with Gasteiger partial charge in [-0.25, -0.2) is 0 Å². The van der Waals surface area contributed by atoms with Crippen molar-refractivity contribution in [3.63, 3.8) is 0 Å². The first-order chi connectivity index (χ1) is 8.42. The Labute approximate surface area is 115 Å². The van der Waals surface area contributed by atoms with E-state index >= 15 is 0 Å². The fourth-order valence-corrected chi connectivity index (χ4v) is 2.51. The van der Waals surface area contributed by atoms with Crippen LogP contribution in [0.4, 0.5) is 0 Å². The second-order valence-electron chi connectivity index (χ2n) is 6.87. The molecule has 0 aromatic carbocycles. The number of unbranched alkanes of at least 4 members (excludes halogenated alkanes) is 2. The molecule has 0 fully saturated rings. The van der Waals surface area contributed by atoms with E-state index in [-0.39, 0.29) is 0 Å². The molecule has 110 valence electrons. The quantitative estimate of drug-likeness (QED) is 0.642. The summed E-state index contributed by atoms with van der Waals surface area (Å²) in [5.74, 6) is 0.652. The maximum atomic E-state index is 5.96. The van der Waals surface area contributed by atoms with Gasteiger partial charge in [0.25, 0.3) is 0 Å². The Balaban J connectivity index is 4.22. The van der Waals surface area contributed by atoms with E-state index in [9.17, 15) is 0 Å². The molecule has 0 heterocycles. The molecule has 0 saturated heterocycles. The molecule has 2 N–H and O–H groups in total. The summed E-state index contributed by atoms with van der Waals surface area (Å²) in [7, 11) is 0. The summed E-state index contributed by atoms with van der Waals surface area (Å²) in [5, 5.41) is 0. The molecule has 1 atom stereocenters. The fourth-order valence-electron chi connectivity index (χ4n) is 2.51. The van der Waals surface area contributed by atoms with Gasteiger partial charge in [0.2, 0.25) is 0 Å². The summed E-state index contributed by atoms with van der Waals surface area (Å²) < 4.78 is 0. The lowest BCUT2D eigenvalue weighted by atomic mass is 9.84. The average molecular weight is 256 g/mol. The number of nitrogens with zero attached hydrogens (tertiary/aromatic N) is 1. The van der Waals surface area contributed by atoms with Crippen LogP contribution in [-0.4, -0.2) is 31.1 Å². The van der Waals surface area contributed by atoms with E-state index in [1.165, 1.54) is 51.7 Å². The van der Waals surface area contributed by atoms with Crippen molar-refractivity contribution in [1.29, 1.82) is 0 Å². The van der Waals surface area contributed by atoms with E-state index in [2.05, 4.69) is 39.5 Å². The SMILES string of the molecule is CCCCN(CCCC)CC(CN)CC(C)(C)C. The Bertz CT molecular complexity index is 176. The summed E-state index contributed by atoms with van der Waals surface area (Å²) in [5.41, 5.74) is 6.35. The molecule has 2 heteroatoms. The van der Waals surface area contributed by atoms with Crippen LogP contribution in [0.5, 0.6) is 0 Å². The van der Waals surface area contributed by atoms with Gasteiger partial charge in [0, 0.05) is 6.54 Å². The Kier molecular flexibility index (Phi) is 9.76. The highest BCUT2D eigenvalue weighted by Crippen LogP contribution is 2.24. The summed E-state index contributed by atoms with van der Waals surface area (Å²) in [6, 6.07) is 0. The zero-order valence-corrected chi connectivity index (χ0v) is 13.5. The molecule has 0 spiro atoms. The molecule has 0 aliphatic heterocycles. The Morgan fingerprint density at radius 3 is 1.83 bits per heavy atom. The topological polar surface area (TPSA) is 29.3 Å². The third-order valence-corrected chi connectivity index (χ3v) is 3.41. The lowest BCUT2D eigenvalue weighted by Crippen LogP contribution is -2.36. The normalized spacial score (nSPS) is 14.2. The first kappa shape index (κ1) is 17.9. The van der Waals surface area contributed by atoms with E-state index in [1.54, 1.807) is 0 Å². The maximum absolute atomic E-state index is 5.96. The van der Waals surface area contributed by atoms with Crippen LogP contribution < -0.4 is 5.73 Å². The van der Waals surface area contributed by atoms with Crippen molar-refractivity contribution in [3.05, 3.63) is 0 Å². The van der Waals surface area contributed by atoms with Crippen LogP contribution in [0.3, 0.4) is 0 Å². The predicted molar refractivity (Wildman–Crippen MR) is 82.9 cm³/mol. The van der Waals surface area contributed by atoms with Gasteiger partial charge in [-0.3, -0.25) is 0 Å². The van der Waals surface area contributed by atoms with Crippen molar-refractivity contribution >= 4 is 0 Å². The molecule has 0 aliphatic carbocycles. The number of hydrogen-bond donors (Lipinski definition) is 1. The molecule has 0 radical (unpaired) electrons. The van der Waals surface area contributed by atoms with Gasteiger partial charge in [0.1, 0.15) is 0 Å². The molecule has 0 rings (SSSR count). The van der Waals surface area contributed by atoms with Gasteiger partial charge in [0.05, 0.1) is 0 Å². The van der Waals surface area contributed by atoms with Gasteiger partial charge in [-0.05, 0) is 50.2 Å². The van der Waals surface area contributed by atoms with E-state index in [0.717, 1.165) is 6.54 Å². The van der Waals surface area contributed by atoms with Gasteiger partial charge >= 0.3 is 0 Å². The van der Waals surface area contributed by atoms with Crippen molar-refractivity contribution in [2.75, 3.05) is 26.2 Å². The average Bonchev–Trinajstić information content (AvgIpc) is 2.29. The van der Waals surface area contributed by atoms with E-state index in [4.69, 9.17) is 5.73 Å². The second kappa shape index (κ2) is 9.80. The number of hydrogen-bond acceptors (Lipinski definition) is 2. The van der Waals surface area contributed by atoms with E-state index < -0.39 is 0 Å². The molecule has 18 heavy (non-hydrogen) atoms. The molecule has 0 saturated carbocycles. The summed E-state index contributed by atoms with van der Waals surface area (Å²) in [6.45, 7) is 16.0. The van der Waals surface area contributed by atoms with Gasteiger partial charge < -0.3 is 10.6 Å². The van der Waals surface area contributed by atoms with Crippen LogP contribution in [0, 0.1) is 11.3 Å². The largest absolute Gasteiger partial charge is 0.330 e. The Morgan fingerprint density at radius 1 is 1.00 bits per heavy atom.